The molecule has 0 aromatic carbocycles. The Morgan fingerprint density at radius 2 is 0.950 bits per heavy atom. The summed E-state index contributed by atoms with van der Waals surface area (Å²) in [4.78, 5) is 52.4. The zero-order valence-corrected chi connectivity index (χ0v) is 23.6. The van der Waals surface area contributed by atoms with E-state index in [-0.39, 0.29) is 64.9 Å². The molecule has 40 heavy (non-hydrogen) atoms. The van der Waals surface area contributed by atoms with Crippen LogP contribution in [0.4, 0.5) is 0 Å². The van der Waals surface area contributed by atoms with Gasteiger partial charge < -0.3 is 41.5 Å². The fourth-order valence-electron chi connectivity index (χ4n) is 4.03. The number of hydrogen-bond acceptors (Lipinski definition) is 12. The Morgan fingerprint density at radius 3 is 1.25 bits per heavy atom. The van der Waals surface area contributed by atoms with E-state index in [1.807, 2.05) is 20.8 Å². The standard InChI is InChI=1S/C20H36N4O8.C4H11NO3/c1-20(2,3)15-10-23(13-18(29)30)7-6-21(11-16(25)26)4-5-22(12-17(27)28)8-9-24(15)14-19(31)32;5-4(1-6,2-7)3-8/h15H,4-14H2,1-3H3,(H,25,26)(H,27,28)(H,29,30)(H,31,32);6-8H,1-3,5H2. The second kappa shape index (κ2) is 18.1. The largest absolute Gasteiger partial charge is 0.480 e. The van der Waals surface area contributed by atoms with Crippen molar-refractivity contribution in [1.82, 2.24) is 19.6 Å². The van der Waals surface area contributed by atoms with Crippen molar-refractivity contribution in [3.63, 3.8) is 0 Å². The van der Waals surface area contributed by atoms with Gasteiger partial charge in [0.25, 0.3) is 0 Å². The van der Waals surface area contributed by atoms with Crippen LogP contribution in [0, 0.1) is 5.41 Å². The van der Waals surface area contributed by atoms with E-state index in [2.05, 4.69) is 0 Å². The van der Waals surface area contributed by atoms with E-state index in [1.165, 1.54) is 0 Å². The van der Waals surface area contributed by atoms with Crippen molar-refractivity contribution < 1.29 is 54.9 Å². The first-order chi connectivity index (χ1) is 18.5. The molecule has 0 aliphatic carbocycles. The molecule has 0 bridgehead atoms. The molecule has 9 N–H and O–H groups in total. The second-order valence-electron chi connectivity index (χ2n) is 11.1. The molecule has 1 rings (SSSR count). The smallest absolute Gasteiger partial charge is 0.317 e. The van der Waals surface area contributed by atoms with Gasteiger partial charge >= 0.3 is 23.9 Å². The third-order valence-corrected chi connectivity index (χ3v) is 6.40. The van der Waals surface area contributed by atoms with Crippen LogP contribution in [-0.2, 0) is 19.2 Å². The third kappa shape index (κ3) is 16.0. The number of carbonyl (C=O) groups is 4. The molecule has 1 fully saturated rings. The summed E-state index contributed by atoms with van der Waals surface area (Å²) in [5.41, 5.74) is 3.54. The maximum Gasteiger partial charge on any atom is 0.317 e. The maximum atomic E-state index is 11.6. The van der Waals surface area contributed by atoms with Crippen molar-refractivity contribution in [3.05, 3.63) is 0 Å². The minimum Gasteiger partial charge on any atom is -0.480 e. The topological polar surface area (TPSA) is 249 Å². The van der Waals surface area contributed by atoms with E-state index >= 15 is 0 Å². The van der Waals surface area contributed by atoms with Gasteiger partial charge in [0.1, 0.15) is 0 Å². The molecule has 1 aliphatic heterocycles. The van der Waals surface area contributed by atoms with Crippen LogP contribution in [0.15, 0.2) is 0 Å². The van der Waals surface area contributed by atoms with E-state index in [9.17, 15) is 39.6 Å². The number of hydrogen-bond donors (Lipinski definition) is 8. The Kier molecular flexibility index (Phi) is 17.0. The zero-order valence-electron chi connectivity index (χ0n) is 23.6. The lowest BCUT2D eigenvalue weighted by molar-refractivity contribution is -0.142. The van der Waals surface area contributed by atoms with Crippen molar-refractivity contribution in [2.24, 2.45) is 11.1 Å². The molecule has 1 heterocycles. The summed E-state index contributed by atoms with van der Waals surface area (Å²) in [5.74, 6) is -4.08. The number of aliphatic hydroxyl groups is 3. The lowest BCUT2D eigenvalue weighted by Gasteiger charge is -2.43. The van der Waals surface area contributed by atoms with E-state index in [1.54, 1.807) is 19.6 Å². The molecule has 0 amide bonds. The minimum atomic E-state index is -1.21. The number of carboxylic acids is 4. The van der Waals surface area contributed by atoms with Crippen molar-refractivity contribution in [2.45, 2.75) is 32.4 Å². The highest BCUT2D eigenvalue weighted by Gasteiger charge is 2.34. The summed E-state index contributed by atoms with van der Waals surface area (Å²) >= 11 is 0. The van der Waals surface area contributed by atoms with Crippen molar-refractivity contribution in [2.75, 3.05) is 91.8 Å². The van der Waals surface area contributed by atoms with Crippen LogP contribution in [-0.4, -0.2) is 183 Å². The molecular formula is C24H47N5O11. The van der Waals surface area contributed by atoms with E-state index in [0.717, 1.165) is 0 Å². The van der Waals surface area contributed by atoms with Gasteiger partial charge in [-0.3, -0.25) is 38.8 Å². The summed E-state index contributed by atoms with van der Waals surface area (Å²) in [6.45, 7) is 5.65. The van der Waals surface area contributed by atoms with Crippen LogP contribution >= 0.6 is 0 Å². The maximum absolute atomic E-state index is 11.6. The molecule has 1 aliphatic rings. The van der Waals surface area contributed by atoms with Gasteiger partial charge in [-0.25, -0.2) is 0 Å². The molecule has 0 saturated carbocycles. The Hall–Kier alpha value is -2.44. The predicted molar refractivity (Wildman–Crippen MR) is 143 cm³/mol. The highest BCUT2D eigenvalue weighted by Crippen LogP contribution is 2.26. The van der Waals surface area contributed by atoms with Gasteiger partial charge in [-0.15, -0.1) is 0 Å². The first kappa shape index (κ1) is 37.6. The van der Waals surface area contributed by atoms with Crippen LogP contribution in [0.2, 0.25) is 0 Å². The predicted octanol–water partition coefficient (Wildman–Crippen LogP) is -3.38. The number of aliphatic carboxylic acids is 4. The van der Waals surface area contributed by atoms with Crippen LogP contribution in [0.3, 0.4) is 0 Å². The Labute approximate surface area is 234 Å². The van der Waals surface area contributed by atoms with Gasteiger partial charge in [-0.2, -0.15) is 0 Å². The monoisotopic (exact) mass is 581 g/mol. The summed E-state index contributed by atoms with van der Waals surface area (Å²) in [5, 5.41) is 62.3. The molecule has 0 spiro atoms. The summed E-state index contributed by atoms with van der Waals surface area (Å²) in [7, 11) is 0. The first-order valence-corrected chi connectivity index (χ1v) is 12.9. The molecule has 0 radical (unpaired) electrons. The molecular weight excluding hydrogens is 534 g/mol. The van der Waals surface area contributed by atoms with Crippen molar-refractivity contribution >= 4 is 23.9 Å². The van der Waals surface area contributed by atoms with E-state index < -0.39 is 54.7 Å². The van der Waals surface area contributed by atoms with Crippen LogP contribution in [0.25, 0.3) is 0 Å². The van der Waals surface area contributed by atoms with Crippen molar-refractivity contribution in [1.29, 1.82) is 0 Å². The zero-order chi connectivity index (χ0) is 31.1. The SMILES string of the molecule is CC(C)(C)C1CN(CC(=O)O)CCN(CC(=O)O)CCN(CC(=O)O)CCN1CC(=O)O.NC(CO)(CO)CO. The quantitative estimate of drug-likeness (QED) is 0.118. The lowest BCUT2D eigenvalue weighted by atomic mass is 9.85. The summed E-state index contributed by atoms with van der Waals surface area (Å²) < 4.78 is 0. The second-order valence-corrected chi connectivity index (χ2v) is 11.1. The Morgan fingerprint density at radius 1 is 0.625 bits per heavy atom. The minimum absolute atomic E-state index is 0.240. The normalized spacial score (nSPS) is 19.5. The highest BCUT2D eigenvalue weighted by atomic mass is 16.4. The summed E-state index contributed by atoms with van der Waals surface area (Å²) in [6, 6.07) is -0.322. The average molecular weight is 582 g/mol. The van der Waals surface area contributed by atoms with Gasteiger partial charge in [0, 0.05) is 51.9 Å². The molecule has 1 atom stereocenters. The van der Waals surface area contributed by atoms with Gasteiger partial charge in [-0.1, -0.05) is 20.8 Å². The van der Waals surface area contributed by atoms with Crippen molar-refractivity contribution in [3.8, 4) is 0 Å². The fraction of sp³-hybridized carbons (Fsp3) is 0.833. The highest BCUT2D eigenvalue weighted by molar-refractivity contribution is 5.70. The van der Waals surface area contributed by atoms with E-state index in [0.29, 0.717) is 13.1 Å². The first-order valence-electron chi connectivity index (χ1n) is 12.9. The number of nitrogens with two attached hydrogens (primary N) is 1. The molecule has 1 unspecified atom stereocenters. The van der Waals surface area contributed by atoms with Gasteiger partial charge in [0.15, 0.2) is 0 Å². The molecule has 0 aromatic heterocycles. The third-order valence-electron chi connectivity index (χ3n) is 6.40. The fourth-order valence-corrected chi connectivity index (χ4v) is 4.03. The molecule has 16 nitrogen and oxygen atoms in total. The van der Waals surface area contributed by atoms with E-state index in [4.69, 9.17) is 21.1 Å². The van der Waals surface area contributed by atoms with Crippen LogP contribution in [0.1, 0.15) is 20.8 Å². The number of nitrogens with zero attached hydrogens (tertiary/aromatic N) is 4. The van der Waals surface area contributed by atoms with Crippen LogP contribution in [0.5, 0.6) is 0 Å². The van der Waals surface area contributed by atoms with Gasteiger partial charge in [0.2, 0.25) is 0 Å². The Balaban J connectivity index is 0.00000165. The Bertz CT molecular complexity index is 796. The molecule has 1 saturated heterocycles. The number of carboxylic acid groups (broad SMARTS) is 4. The average Bonchev–Trinajstić information content (AvgIpc) is 2.83. The molecule has 0 aromatic rings. The lowest BCUT2D eigenvalue weighted by Crippen LogP contribution is -2.56. The number of aliphatic hydroxyl groups excluding tert-OH is 3. The van der Waals surface area contributed by atoms with Crippen LogP contribution < -0.4 is 5.73 Å². The van der Waals surface area contributed by atoms with Gasteiger partial charge in [-0.05, 0) is 5.41 Å². The summed E-state index contributed by atoms with van der Waals surface area (Å²) in [6.07, 6.45) is 0. The number of rotatable bonds is 11. The van der Waals surface area contributed by atoms with Gasteiger partial charge in [0.05, 0.1) is 51.5 Å². The molecule has 16 heteroatoms. The molecule has 234 valence electrons.